The van der Waals surface area contributed by atoms with E-state index in [0.29, 0.717) is 5.02 Å². The molecule has 28 heavy (non-hydrogen) atoms. The first kappa shape index (κ1) is 19.3. The Labute approximate surface area is 171 Å². The van der Waals surface area contributed by atoms with Gasteiger partial charge in [0, 0.05) is 30.8 Å². The number of hydrogen-bond donors (Lipinski definition) is 2. The zero-order chi connectivity index (χ0) is 19.7. The van der Waals surface area contributed by atoms with Crippen LogP contribution in [0.2, 0.25) is 5.02 Å². The number of rotatable bonds is 5. The number of likely N-dealkylation sites (N-methyl/N-ethyl adjacent to an activating group) is 1. The Balaban J connectivity index is 1.46. The number of aliphatic hydroxyl groups excluding tert-OH is 1. The lowest BCUT2D eigenvalue weighted by molar-refractivity contribution is -0.127. The minimum atomic E-state index is -0.705. The molecule has 1 unspecified atom stereocenters. The summed E-state index contributed by atoms with van der Waals surface area (Å²) in [5, 5.41) is 14.4. The predicted molar refractivity (Wildman–Crippen MR) is 113 cm³/mol. The van der Waals surface area contributed by atoms with Gasteiger partial charge in [-0.2, -0.15) is 0 Å². The second-order valence-corrected chi connectivity index (χ2v) is 8.52. The molecule has 2 N–H and O–H groups in total. The average molecular weight is 399 g/mol. The monoisotopic (exact) mass is 398 g/mol. The van der Waals surface area contributed by atoms with Crippen molar-refractivity contribution >= 4 is 23.2 Å². The van der Waals surface area contributed by atoms with Gasteiger partial charge in [0.2, 0.25) is 5.91 Å². The van der Waals surface area contributed by atoms with Crippen LogP contribution in [0.4, 0.5) is 5.69 Å². The van der Waals surface area contributed by atoms with E-state index in [4.69, 9.17) is 11.6 Å². The fourth-order valence-corrected chi connectivity index (χ4v) is 4.79. The summed E-state index contributed by atoms with van der Waals surface area (Å²) in [7, 11) is 2.08. The number of fused-ring (bicyclic) bond motifs is 1. The number of benzene rings is 2. The summed E-state index contributed by atoms with van der Waals surface area (Å²) in [4.78, 5) is 15.4. The predicted octanol–water partition coefficient (Wildman–Crippen LogP) is 3.99. The summed E-state index contributed by atoms with van der Waals surface area (Å²) in [6, 6.07) is 13.7. The molecule has 0 saturated heterocycles. The highest BCUT2D eigenvalue weighted by atomic mass is 35.5. The van der Waals surface area contributed by atoms with Crippen molar-refractivity contribution in [2.24, 2.45) is 0 Å². The van der Waals surface area contributed by atoms with Crippen LogP contribution in [0.1, 0.15) is 48.5 Å². The number of carbonyl (C=O) groups excluding carboxylic acids is 1. The summed E-state index contributed by atoms with van der Waals surface area (Å²) in [6.45, 7) is 1.23. The first-order valence-corrected chi connectivity index (χ1v) is 10.4. The Morgan fingerprint density at radius 1 is 1.21 bits per heavy atom. The Morgan fingerprint density at radius 3 is 2.64 bits per heavy atom. The van der Waals surface area contributed by atoms with Crippen molar-refractivity contribution in [1.82, 2.24) is 5.32 Å². The Hall–Kier alpha value is -2.04. The molecule has 1 aliphatic carbocycles. The topological polar surface area (TPSA) is 52.6 Å². The molecule has 2 aromatic carbocycles. The van der Waals surface area contributed by atoms with Crippen LogP contribution in [-0.4, -0.2) is 31.2 Å². The first-order chi connectivity index (χ1) is 13.5. The van der Waals surface area contributed by atoms with Gasteiger partial charge < -0.3 is 15.3 Å². The van der Waals surface area contributed by atoms with E-state index in [-0.39, 0.29) is 12.5 Å². The summed E-state index contributed by atoms with van der Waals surface area (Å²) in [5.74, 6) is 0.00673. The van der Waals surface area contributed by atoms with E-state index in [1.807, 2.05) is 30.3 Å². The zero-order valence-electron chi connectivity index (χ0n) is 16.2. The zero-order valence-corrected chi connectivity index (χ0v) is 17.0. The second kappa shape index (κ2) is 7.76. The molecule has 0 bridgehead atoms. The first-order valence-electron chi connectivity index (χ1n) is 10.1. The molecule has 148 valence electrons. The van der Waals surface area contributed by atoms with Crippen LogP contribution in [0.5, 0.6) is 0 Å². The molecule has 1 atom stereocenters. The third-order valence-corrected chi connectivity index (χ3v) is 6.61. The highest BCUT2D eigenvalue weighted by Gasteiger charge is 2.42. The maximum Gasteiger partial charge on any atom is 0.230 e. The fraction of sp³-hybridized carbons (Fsp3) is 0.435. The molecule has 1 saturated carbocycles. The standard InChI is InChI=1S/C23H27ClN2O2/c1-26-13-10-16-14-17(4-9-20(16)26)21(27)15-25-22(28)23(11-2-3-12-23)18-5-7-19(24)8-6-18/h4-9,14,21,27H,2-3,10-13,15H2,1H3,(H,25,28). The maximum absolute atomic E-state index is 13.2. The minimum Gasteiger partial charge on any atom is -0.387 e. The van der Waals surface area contributed by atoms with Crippen LogP contribution in [-0.2, 0) is 16.6 Å². The van der Waals surface area contributed by atoms with Crippen molar-refractivity contribution in [3.05, 3.63) is 64.2 Å². The normalized spacial score (nSPS) is 18.8. The van der Waals surface area contributed by atoms with Gasteiger partial charge >= 0.3 is 0 Å². The molecular formula is C23H27ClN2O2. The molecule has 0 radical (unpaired) electrons. The van der Waals surface area contributed by atoms with Crippen molar-refractivity contribution in [1.29, 1.82) is 0 Å². The van der Waals surface area contributed by atoms with Crippen LogP contribution in [0.3, 0.4) is 0 Å². The molecule has 4 nitrogen and oxygen atoms in total. The number of aliphatic hydroxyl groups is 1. The van der Waals surface area contributed by atoms with E-state index in [1.165, 1.54) is 11.3 Å². The second-order valence-electron chi connectivity index (χ2n) is 8.08. The number of amides is 1. The molecule has 2 aromatic rings. The molecule has 1 heterocycles. The lowest BCUT2D eigenvalue weighted by Gasteiger charge is -2.29. The molecule has 5 heteroatoms. The van der Waals surface area contributed by atoms with E-state index >= 15 is 0 Å². The van der Waals surface area contributed by atoms with E-state index in [9.17, 15) is 9.90 Å². The van der Waals surface area contributed by atoms with Crippen LogP contribution < -0.4 is 10.2 Å². The van der Waals surface area contributed by atoms with Crippen LogP contribution >= 0.6 is 11.6 Å². The molecule has 4 rings (SSSR count). The summed E-state index contributed by atoms with van der Waals surface area (Å²) < 4.78 is 0. The Morgan fingerprint density at radius 2 is 1.93 bits per heavy atom. The molecular weight excluding hydrogens is 372 g/mol. The van der Waals surface area contributed by atoms with Gasteiger partial charge in [-0.1, -0.05) is 48.7 Å². The van der Waals surface area contributed by atoms with Crippen molar-refractivity contribution in [3.8, 4) is 0 Å². The van der Waals surface area contributed by atoms with Gasteiger partial charge in [-0.25, -0.2) is 0 Å². The summed E-state index contributed by atoms with van der Waals surface area (Å²) >= 11 is 6.03. The number of halogens is 1. The van der Waals surface area contributed by atoms with Gasteiger partial charge in [-0.15, -0.1) is 0 Å². The third kappa shape index (κ3) is 3.51. The number of nitrogens with zero attached hydrogens (tertiary/aromatic N) is 1. The lowest BCUT2D eigenvalue weighted by atomic mass is 9.78. The highest BCUT2D eigenvalue weighted by molar-refractivity contribution is 6.30. The minimum absolute atomic E-state index is 0.00673. The van der Waals surface area contributed by atoms with Crippen LogP contribution in [0, 0.1) is 0 Å². The number of nitrogens with one attached hydrogen (secondary N) is 1. The smallest absolute Gasteiger partial charge is 0.230 e. The van der Waals surface area contributed by atoms with E-state index in [1.54, 1.807) is 0 Å². The molecule has 1 aliphatic heterocycles. The molecule has 2 aliphatic rings. The molecule has 0 spiro atoms. The van der Waals surface area contributed by atoms with Gasteiger partial charge in [0.25, 0.3) is 0 Å². The quantitative estimate of drug-likeness (QED) is 0.800. The summed E-state index contributed by atoms with van der Waals surface area (Å²) in [6.07, 6.45) is 4.04. The lowest BCUT2D eigenvalue weighted by Crippen LogP contribution is -2.44. The Kier molecular flexibility index (Phi) is 5.35. The SMILES string of the molecule is CN1CCc2cc(C(O)CNC(=O)C3(c4ccc(Cl)cc4)CCCC3)ccc21. The maximum atomic E-state index is 13.2. The van der Waals surface area contributed by atoms with E-state index in [0.717, 1.165) is 49.8 Å². The largest absolute Gasteiger partial charge is 0.387 e. The van der Waals surface area contributed by atoms with Gasteiger partial charge in [0.1, 0.15) is 0 Å². The van der Waals surface area contributed by atoms with Gasteiger partial charge in [-0.05, 0) is 54.2 Å². The molecule has 0 aromatic heterocycles. The molecule has 1 fully saturated rings. The van der Waals surface area contributed by atoms with Crippen molar-refractivity contribution in [3.63, 3.8) is 0 Å². The average Bonchev–Trinajstić information content (AvgIpc) is 3.34. The van der Waals surface area contributed by atoms with Crippen molar-refractivity contribution in [2.45, 2.75) is 43.6 Å². The summed E-state index contributed by atoms with van der Waals surface area (Å²) in [5.41, 5.74) is 3.86. The fourth-order valence-electron chi connectivity index (χ4n) is 4.66. The van der Waals surface area contributed by atoms with Crippen molar-refractivity contribution < 1.29 is 9.90 Å². The van der Waals surface area contributed by atoms with Crippen molar-refractivity contribution in [2.75, 3.05) is 25.0 Å². The van der Waals surface area contributed by atoms with Gasteiger partial charge in [0.05, 0.1) is 11.5 Å². The number of hydrogen-bond acceptors (Lipinski definition) is 3. The highest BCUT2D eigenvalue weighted by Crippen LogP contribution is 2.41. The molecule has 1 amide bonds. The third-order valence-electron chi connectivity index (χ3n) is 6.36. The van der Waals surface area contributed by atoms with Gasteiger partial charge in [-0.3, -0.25) is 4.79 Å². The van der Waals surface area contributed by atoms with Crippen LogP contribution in [0.15, 0.2) is 42.5 Å². The van der Waals surface area contributed by atoms with Crippen LogP contribution in [0.25, 0.3) is 0 Å². The number of carbonyl (C=O) groups is 1. The van der Waals surface area contributed by atoms with Gasteiger partial charge in [0.15, 0.2) is 0 Å². The van der Waals surface area contributed by atoms with E-state index < -0.39 is 11.5 Å². The Bertz CT molecular complexity index is 859. The number of anilines is 1. The van der Waals surface area contributed by atoms with E-state index in [2.05, 4.69) is 29.4 Å².